The molecule has 0 amide bonds. The number of rotatable bonds is 8. The van der Waals surface area contributed by atoms with Gasteiger partial charge in [0.2, 0.25) is 0 Å². The molecule has 0 saturated heterocycles. The standard InChI is InChI=1S/2C14H21OP.Ni/c2*1-11(2)16(12(3)4)10-14(15)13-8-6-5-7-9-13;/h2*5-12,15H,1-4H3;/q;;+2/b2*14-10-;. The maximum absolute atomic E-state index is 12.0. The van der Waals surface area contributed by atoms with Crippen LogP contribution in [0.1, 0.15) is 66.5 Å². The van der Waals surface area contributed by atoms with Crippen molar-refractivity contribution < 1.29 is 26.7 Å². The molecule has 5 heteroatoms. The molecule has 2 rings (SSSR count). The zero-order chi connectivity index (χ0) is 24.3. The molecular formula is C28H42NiO2P2+2. The Kier molecular flexibility index (Phi) is 15.9. The molecule has 0 aromatic heterocycles. The van der Waals surface area contributed by atoms with Gasteiger partial charge in [0.05, 0.1) is 22.6 Å². The third kappa shape index (κ3) is 11.7. The van der Waals surface area contributed by atoms with Crippen LogP contribution in [0.2, 0.25) is 0 Å². The molecule has 0 N–H and O–H groups in total. The minimum Gasteiger partial charge on any atom is -0.870 e. The van der Waals surface area contributed by atoms with Crippen LogP contribution in [-0.4, -0.2) is 22.6 Å². The van der Waals surface area contributed by atoms with Gasteiger partial charge in [0, 0.05) is 27.5 Å². The molecule has 0 aliphatic rings. The minimum atomic E-state index is -0.699. The van der Waals surface area contributed by atoms with Crippen molar-refractivity contribution in [2.24, 2.45) is 0 Å². The van der Waals surface area contributed by atoms with E-state index in [2.05, 4.69) is 55.4 Å². The second-order valence-electron chi connectivity index (χ2n) is 9.37. The molecule has 0 fully saturated rings. The summed E-state index contributed by atoms with van der Waals surface area (Å²) in [4.78, 5) is 0. The van der Waals surface area contributed by atoms with Crippen LogP contribution in [-0.2, 0) is 16.5 Å². The first-order valence-electron chi connectivity index (χ1n) is 11.7. The summed E-state index contributed by atoms with van der Waals surface area (Å²) in [6.07, 6.45) is 0. The van der Waals surface area contributed by atoms with Crippen molar-refractivity contribution in [2.45, 2.75) is 78.0 Å². The van der Waals surface area contributed by atoms with Crippen molar-refractivity contribution in [2.75, 3.05) is 0 Å². The summed E-state index contributed by atoms with van der Waals surface area (Å²) in [5.41, 5.74) is 4.06. The third-order valence-electron chi connectivity index (χ3n) is 5.38. The SMILES string of the molecule is CC(C)[PH+](/C=C(\[O-])c1ccccc1)C(C)C.CC(C)[PH+](/C=C(\[O-])c1ccccc1)C(C)C.[Ni+2]. The first-order chi connectivity index (χ1) is 15.0. The second kappa shape index (κ2) is 16.5. The first-order valence-corrected chi connectivity index (χ1v) is 15.1. The largest absolute Gasteiger partial charge is 2.00 e. The van der Waals surface area contributed by atoms with E-state index in [4.69, 9.17) is 0 Å². The van der Waals surface area contributed by atoms with Gasteiger partial charge in [-0.3, -0.25) is 0 Å². The van der Waals surface area contributed by atoms with Crippen molar-refractivity contribution >= 4 is 27.4 Å². The van der Waals surface area contributed by atoms with Crippen LogP contribution in [0.4, 0.5) is 0 Å². The van der Waals surface area contributed by atoms with Gasteiger partial charge in [-0.15, -0.1) is 0 Å². The van der Waals surface area contributed by atoms with E-state index in [1.807, 2.05) is 72.3 Å². The summed E-state index contributed by atoms with van der Waals surface area (Å²) in [5, 5.41) is 24.1. The van der Waals surface area contributed by atoms with Crippen molar-refractivity contribution in [3.05, 3.63) is 83.4 Å². The van der Waals surface area contributed by atoms with Gasteiger partial charge in [0.25, 0.3) is 0 Å². The van der Waals surface area contributed by atoms with E-state index in [9.17, 15) is 10.2 Å². The predicted molar refractivity (Wildman–Crippen MR) is 146 cm³/mol. The molecule has 2 nitrogen and oxygen atoms in total. The molecule has 33 heavy (non-hydrogen) atoms. The van der Waals surface area contributed by atoms with Gasteiger partial charge < -0.3 is 10.2 Å². The van der Waals surface area contributed by atoms with Gasteiger partial charge in [-0.25, -0.2) is 0 Å². The fraction of sp³-hybridized carbons (Fsp3) is 0.429. The van der Waals surface area contributed by atoms with E-state index in [1.54, 1.807) is 0 Å². The average Bonchev–Trinajstić information content (AvgIpc) is 2.76. The third-order valence-corrected chi connectivity index (χ3v) is 11.9. The smallest absolute Gasteiger partial charge is 0.870 e. The van der Waals surface area contributed by atoms with Crippen molar-refractivity contribution in [3.8, 4) is 0 Å². The van der Waals surface area contributed by atoms with Gasteiger partial charge >= 0.3 is 16.5 Å². The summed E-state index contributed by atoms with van der Waals surface area (Å²) >= 11 is 0. The molecule has 0 aliphatic heterocycles. The molecular weight excluding hydrogens is 489 g/mol. The van der Waals surface area contributed by atoms with Gasteiger partial charge in [-0.2, -0.15) is 0 Å². The number of hydrogen-bond acceptors (Lipinski definition) is 2. The molecule has 184 valence electrons. The van der Waals surface area contributed by atoms with Crippen LogP contribution < -0.4 is 10.2 Å². The minimum absolute atomic E-state index is 0. The monoisotopic (exact) mass is 530 g/mol. The van der Waals surface area contributed by atoms with Gasteiger partial charge in [0.15, 0.2) is 0 Å². The van der Waals surface area contributed by atoms with E-state index in [0.29, 0.717) is 22.6 Å². The molecule has 2 aromatic carbocycles. The van der Waals surface area contributed by atoms with Crippen molar-refractivity contribution in [1.29, 1.82) is 0 Å². The number of benzene rings is 2. The van der Waals surface area contributed by atoms with E-state index in [-0.39, 0.29) is 28.0 Å². The summed E-state index contributed by atoms with van der Waals surface area (Å²) in [5.74, 6) is 4.35. The maximum Gasteiger partial charge on any atom is 2.00 e. The molecule has 0 aliphatic carbocycles. The number of hydrogen-bond donors (Lipinski definition) is 0. The Hall–Kier alpha value is -1.13. The summed E-state index contributed by atoms with van der Waals surface area (Å²) < 4.78 is 0. The maximum atomic E-state index is 12.0. The van der Waals surface area contributed by atoms with E-state index < -0.39 is 15.8 Å². The van der Waals surface area contributed by atoms with Crippen LogP contribution in [0.15, 0.2) is 72.3 Å². The van der Waals surface area contributed by atoms with E-state index >= 15 is 0 Å². The predicted octanol–water partition coefficient (Wildman–Crippen LogP) is 6.75. The molecule has 0 heterocycles. The molecule has 0 unspecified atom stereocenters. The summed E-state index contributed by atoms with van der Waals surface area (Å²) in [7, 11) is -1.40. The first kappa shape index (κ1) is 31.9. The Morgan fingerprint density at radius 1 is 0.545 bits per heavy atom. The van der Waals surface area contributed by atoms with Gasteiger partial charge in [0.1, 0.15) is 0 Å². The van der Waals surface area contributed by atoms with E-state index in [1.165, 1.54) is 0 Å². The Morgan fingerprint density at radius 3 is 1.00 bits per heavy atom. The quantitative estimate of drug-likeness (QED) is 0.215. The fourth-order valence-corrected chi connectivity index (χ4v) is 8.61. The van der Waals surface area contributed by atoms with Crippen molar-refractivity contribution in [1.82, 2.24) is 0 Å². The van der Waals surface area contributed by atoms with Crippen LogP contribution in [0.25, 0.3) is 11.5 Å². The molecule has 0 saturated carbocycles. The van der Waals surface area contributed by atoms with E-state index in [0.717, 1.165) is 11.1 Å². The molecule has 0 spiro atoms. The van der Waals surface area contributed by atoms with Gasteiger partial charge in [-0.1, -0.05) is 72.2 Å². The van der Waals surface area contributed by atoms with Crippen LogP contribution in [0.3, 0.4) is 0 Å². The zero-order valence-electron chi connectivity index (χ0n) is 21.4. The van der Waals surface area contributed by atoms with Crippen LogP contribution in [0, 0.1) is 0 Å². The summed E-state index contributed by atoms with van der Waals surface area (Å²) in [6.45, 7) is 17.7. The topological polar surface area (TPSA) is 46.1 Å². The van der Waals surface area contributed by atoms with Crippen LogP contribution in [0.5, 0.6) is 0 Å². The molecule has 0 atom stereocenters. The normalized spacial score (nSPS) is 12.4. The second-order valence-corrected chi connectivity index (χ2v) is 16.6. The van der Waals surface area contributed by atoms with Crippen LogP contribution >= 0.6 is 15.8 Å². The Balaban J connectivity index is 0.000000602. The zero-order valence-corrected chi connectivity index (χ0v) is 24.4. The molecule has 0 radical (unpaired) electrons. The average molecular weight is 531 g/mol. The van der Waals surface area contributed by atoms with Gasteiger partial charge in [-0.05, 0) is 66.5 Å². The fourth-order valence-electron chi connectivity index (χ4n) is 3.67. The Morgan fingerprint density at radius 2 is 0.788 bits per heavy atom. The Labute approximate surface area is 215 Å². The molecule has 0 bridgehead atoms. The molecule has 2 aromatic rings. The summed E-state index contributed by atoms with van der Waals surface area (Å²) in [6, 6.07) is 19.1. The van der Waals surface area contributed by atoms with Crippen molar-refractivity contribution in [3.63, 3.8) is 0 Å². The Bertz CT molecular complexity index is 744.